The van der Waals surface area contributed by atoms with Gasteiger partial charge in [-0.25, -0.2) is 0 Å². The van der Waals surface area contributed by atoms with Crippen molar-refractivity contribution in [1.29, 1.82) is 0 Å². The van der Waals surface area contributed by atoms with Crippen molar-refractivity contribution in [3.05, 3.63) is 131 Å². The monoisotopic (exact) mass is 512 g/mol. The molecule has 2 N–H and O–H groups in total. The highest BCUT2D eigenvalue weighted by molar-refractivity contribution is 8.00. The Morgan fingerprint density at radius 1 is 0.806 bits per heavy atom. The van der Waals surface area contributed by atoms with Gasteiger partial charge in [-0.15, -0.1) is 11.8 Å². The maximum absolute atomic E-state index is 13.3. The van der Waals surface area contributed by atoms with Crippen LogP contribution in [-0.2, 0) is 9.59 Å². The first-order chi connectivity index (χ1) is 17.5. The summed E-state index contributed by atoms with van der Waals surface area (Å²) in [7, 11) is 0. The molecule has 0 aliphatic rings. The Bertz CT molecular complexity index is 1360. The maximum Gasteiger partial charge on any atom is 0.248 e. The smallest absolute Gasteiger partial charge is 0.248 e. The molecule has 6 heteroatoms. The number of carbonyl (C=O) groups is 2. The summed E-state index contributed by atoms with van der Waals surface area (Å²) in [5.41, 5.74) is 4.04. The predicted octanol–water partition coefficient (Wildman–Crippen LogP) is 7.77. The van der Waals surface area contributed by atoms with E-state index in [0.717, 1.165) is 21.6 Å². The quantitative estimate of drug-likeness (QED) is 0.187. The third-order valence-electron chi connectivity index (χ3n) is 5.47. The lowest BCUT2D eigenvalue weighted by molar-refractivity contribution is -0.116. The van der Waals surface area contributed by atoms with E-state index >= 15 is 0 Å². The molecular weight excluding hydrogens is 488 g/mol. The summed E-state index contributed by atoms with van der Waals surface area (Å²) in [5.74, 6) is -0.349. The molecule has 0 aromatic heterocycles. The summed E-state index contributed by atoms with van der Waals surface area (Å²) in [6, 6.07) is 32.2. The SMILES string of the molecule is Cc1c(Cl)cccc1NC(=O)C(Sc1ccc(NC(=O)/C=C/c2ccccc2)cc1)c1ccccc1. The van der Waals surface area contributed by atoms with E-state index in [4.69, 9.17) is 11.6 Å². The van der Waals surface area contributed by atoms with Gasteiger partial charge in [0, 0.05) is 27.4 Å². The van der Waals surface area contributed by atoms with Crippen LogP contribution in [0.2, 0.25) is 5.02 Å². The predicted molar refractivity (Wildman–Crippen MR) is 150 cm³/mol. The van der Waals surface area contributed by atoms with Crippen molar-refractivity contribution >= 4 is 52.6 Å². The first kappa shape index (κ1) is 25.3. The second kappa shape index (κ2) is 12.2. The molecule has 36 heavy (non-hydrogen) atoms. The minimum Gasteiger partial charge on any atom is -0.325 e. The van der Waals surface area contributed by atoms with Crippen molar-refractivity contribution in [3.8, 4) is 0 Å². The summed E-state index contributed by atoms with van der Waals surface area (Å²) < 4.78 is 0. The molecule has 0 saturated heterocycles. The van der Waals surface area contributed by atoms with Crippen LogP contribution in [0.5, 0.6) is 0 Å². The second-order valence-electron chi connectivity index (χ2n) is 8.07. The van der Waals surface area contributed by atoms with Crippen molar-refractivity contribution in [1.82, 2.24) is 0 Å². The van der Waals surface area contributed by atoms with Gasteiger partial charge in [0.05, 0.1) is 0 Å². The fourth-order valence-electron chi connectivity index (χ4n) is 3.51. The molecule has 4 nitrogen and oxygen atoms in total. The number of anilines is 2. The number of hydrogen-bond donors (Lipinski definition) is 2. The zero-order valence-corrected chi connectivity index (χ0v) is 21.2. The van der Waals surface area contributed by atoms with Gasteiger partial charge in [-0.2, -0.15) is 0 Å². The fraction of sp³-hybridized carbons (Fsp3) is 0.0667. The van der Waals surface area contributed by atoms with E-state index in [-0.39, 0.29) is 11.8 Å². The average Bonchev–Trinajstić information content (AvgIpc) is 2.90. The Hall–Kier alpha value is -3.80. The zero-order valence-electron chi connectivity index (χ0n) is 19.6. The highest BCUT2D eigenvalue weighted by Crippen LogP contribution is 2.37. The van der Waals surface area contributed by atoms with Gasteiger partial charge in [-0.1, -0.05) is 78.3 Å². The molecule has 4 aromatic rings. The molecule has 0 fully saturated rings. The molecule has 0 aliphatic carbocycles. The normalized spacial score (nSPS) is 11.7. The number of benzene rings is 4. The van der Waals surface area contributed by atoms with Crippen molar-refractivity contribution in [2.45, 2.75) is 17.1 Å². The van der Waals surface area contributed by atoms with Crippen LogP contribution < -0.4 is 10.6 Å². The standard InChI is InChI=1S/C30H25ClN2O2S/c1-21-26(31)13-8-14-27(21)33-30(35)29(23-11-6-3-7-12-23)36-25-18-16-24(17-19-25)32-28(34)20-15-22-9-4-2-5-10-22/h2-20,29H,1H3,(H,32,34)(H,33,35)/b20-15+. The van der Waals surface area contributed by atoms with Gasteiger partial charge >= 0.3 is 0 Å². The average molecular weight is 513 g/mol. The molecule has 0 spiro atoms. The van der Waals surface area contributed by atoms with Crippen LogP contribution in [0.25, 0.3) is 6.08 Å². The minimum atomic E-state index is -0.473. The molecule has 0 bridgehead atoms. The number of thioether (sulfide) groups is 1. The number of rotatable bonds is 8. The minimum absolute atomic E-state index is 0.139. The lowest BCUT2D eigenvalue weighted by atomic mass is 10.1. The lowest BCUT2D eigenvalue weighted by Gasteiger charge is -2.18. The molecule has 0 heterocycles. The summed E-state index contributed by atoms with van der Waals surface area (Å²) in [5, 5.41) is 6.02. The van der Waals surface area contributed by atoms with Crippen molar-refractivity contribution in [3.63, 3.8) is 0 Å². The zero-order chi connectivity index (χ0) is 25.3. The first-order valence-electron chi connectivity index (χ1n) is 11.4. The Balaban J connectivity index is 1.46. The van der Waals surface area contributed by atoms with Crippen LogP contribution in [0.3, 0.4) is 0 Å². The van der Waals surface area contributed by atoms with E-state index in [1.54, 1.807) is 12.1 Å². The van der Waals surface area contributed by atoms with Gasteiger partial charge < -0.3 is 10.6 Å². The number of carbonyl (C=O) groups excluding carboxylic acids is 2. The largest absolute Gasteiger partial charge is 0.325 e. The third-order valence-corrected chi connectivity index (χ3v) is 7.14. The Morgan fingerprint density at radius 3 is 2.17 bits per heavy atom. The number of nitrogens with one attached hydrogen (secondary N) is 2. The number of halogens is 1. The van der Waals surface area contributed by atoms with Gasteiger partial charge in [0.25, 0.3) is 0 Å². The van der Waals surface area contributed by atoms with Gasteiger partial charge in [0.1, 0.15) is 5.25 Å². The molecule has 180 valence electrons. The fourth-order valence-corrected chi connectivity index (χ4v) is 4.71. The molecule has 0 saturated carbocycles. The topological polar surface area (TPSA) is 58.2 Å². The van der Waals surface area contributed by atoms with Gasteiger partial charge in [0.2, 0.25) is 11.8 Å². The van der Waals surface area contributed by atoms with E-state index in [2.05, 4.69) is 10.6 Å². The third kappa shape index (κ3) is 6.87. The van der Waals surface area contributed by atoms with Crippen LogP contribution in [0.1, 0.15) is 21.9 Å². The van der Waals surface area contributed by atoms with Gasteiger partial charge in [-0.05, 0) is 66.1 Å². The lowest BCUT2D eigenvalue weighted by Crippen LogP contribution is -2.19. The highest BCUT2D eigenvalue weighted by atomic mass is 35.5. The van der Waals surface area contributed by atoms with E-state index in [9.17, 15) is 9.59 Å². The van der Waals surface area contributed by atoms with E-state index in [0.29, 0.717) is 16.4 Å². The Labute approximate surface area is 220 Å². The van der Waals surface area contributed by atoms with Crippen LogP contribution >= 0.6 is 23.4 Å². The summed E-state index contributed by atoms with van der Waals surface area (Å²) in [4.78, 5) is 26.5. The second-order valence-corrected chi connectivity index (χ2v) is 9.65. The molecule has 1 atom stereocenters. The summed E-state index contributed by atoms with van der Waals surface area (Å²) in [6.45, 7) is 1.88. The summed E-state index contributed by atoms with van der Waals surface area (Å²) >= 11 is 7.68. The maximum atomic E-state index is 13.3. The highest BCUT2D eigenvalue weighted by Gasteiger charge is 2.23. The van der Waals surface area contributed by atoms with Crippen molar-refractivity contribution in [2.75, 3.05) is 10.6 Å². The first-order valence-corrected chi connectivity index (χ1v) is 12.7. The van der Waals surface area contributed by atoms with Gasteiger partial charge in [0.15, 0.2) is 0 Å². The Kier molecular flexibility index (Phi) is 8.61. The molecule has 4 aromatic carbocycles. The molecule has 2 amide bonds. The van der Waals surface area contributed by atoms with Crippen LogP contribution in [0, 0.1) is 6.92 Å². The number of hydrogen-bond acceptors (Lipinski definition) is 3. The van der Waals surface area contributed by atoms with E-state index in [1.807, 2.05) is 104 Å². The van der Waals surface area contributed by atoms with Crippen LogP contribution in [0.15, 0.2) is 114 Å². The molecule has 4 rings (SSSR count). The Morgan fingerprint density at radius 2 is 1.47 bits per heavy atom. The number of amides is 2. The molecule has 0 radical (unpaired) electrons. The van der Waals surface area contributed by atoms with Crippen LogP contribution in [0.4, 0.5) is 11.4 Å². The van der Waals surface area contributed by atoms with Crippen molar-refractivity contribution in [2.24, 2.45) is 0 Å². The van der Waals surface area contributed by atoms with Crippen LogP contribution in [-0.4, -0.2) is 11.8 Å². The van der Waals surface area contributed by atoms with E-state index in [1.165, 1.54) is 17.8 Å². The van der Waals surface area contributed by atoms with E-state index < -0.39 is 5.25 Å². The molecule has 1 unspecified atom stereocenters. The molecule has 0 aliphatic heterocycles. The van der Waals surface area contributed by atoms with Crippen molar-refractivity contribution < 1.29 is 9.59 Å². The van der Waals surface area contributed by atoms with Gasteiger partial charge in [-0.3, -0.25) is 9.59 Å². The summed E-state index contributed by atoms with van der Waals surface area (Å²) in [6.07, 6.45) is 3.27. The molecular formula is C30H25ClN2O2S.